The number of carbonyl (C=O) groups excluding carboxylic acids is 1. The standard InChI is InChI=1S/C19H16N2O3S/c22-18(9-10-19-21-14-5-1-4-8-17(14)25-19)20-11-13-12-23-15-6-2-3-7-16(15)24-13/h1-10,13H,11-12H2,(H,20,22)/b10-9+/t13-/m1/s1. The van der Waals surface area contributed by atoms with Gasteiger partial charge in [-0.05, 0) is 30.3 Å². The van der Waals surface area contributed by atoms with Crippen LogP contribution in [0.1, 0.15) is 5.01 Å². The minimum absolute atomic E-state index is 0.179. The van der Waals surface area contributed by atoms with Crippen molar-refractivity contribution < 1.29 is 14.3 Å². The van der Waals surface area contributed by atoms with Crippen LogP contribution in [0, 0.1) is 0 Å². The Morgan fingerprint density at radius 3 is 2.88 bits per heavy atom. The molecule has 1 atom stereocenters. The maximum absolute atomic E-state index is 12.0. The zero-order valence-electron chi connectivity index (χ0n) is 13.3. The van der Waals surface area contributed by atoms with Crippen molar-refractivity contribution in [3.05, 3.63) is 59.6 Å². The van der Waals surface area contributed by atoms with Crippen molar-refractivity contribution in [3.8, 4) is 11.5 Å². The van der Waals surface area contributed by atoms with Gasteiger partial charge in [0.15, 0.2) is 11.5 Å². The van der Waals surface area contributed by atoms with Crippen molar-refractivity contribution in [1.29, 1.82) is 0 Å². The second kappa shape index (κ2) is 6.94. The lowest BCUT2D eigenvalue weighted by Gasteiger charge is -2.26. The monoisotopic (exact) mass is 352 g/mol. The number of ether oxygens (including phenoxy) is 2. The van der Waals surface area contributed by atoms with Crippen LogP contribution in [0.15, 0.2) is 54.6 Å². The van der Waals surface area contributed by atoms with E-state index < -0.39 is 0 Å². The van der Waals surface area contributed by atoms with Gasteiger partial charge in [0.05, 0.1) is 16.8 Å². The second-order valence-corrected chi connectivity index (χ2v) is 6.66. The maximum atomic E-state index is 12.0. The van der Waals surface area contributed by atoms with Crippen LogP contribution < -0.4 is 14.8 Å². The SMILES string of the molecule is O=C(/C=C/c1nc2ccccc2s1)NC[C@@H]1COc2ccccc2O1. The lowest BCUT2D eigenvalue weighted by molar-refractivity contribution is -0.116. The third kappa shape index (κ3) is 3.64. The molecule has 2 aromatic carbocycles. The number of benzene rings is 2. The molecule has 0 spiro atoms. The Kier molecular flexibility index (Phi) is 4.35. The summed E-state index contributed by atoms with van der Waals surface area (Å²) in [7, 11) is 0. The van der Waals surface area contributed by atoms with Gasteiger partial charge in [-0.15, -0.1) is 11.3 Å². The lowest BCUT2D eigenvalue weighted by Crippen LogP contribution is -2.40. The Hall–Kier alpha value is -2.86. The molecule has 0 unspecified atom stereocenters. The zero-order chi connectivity index (χ0) is 17.1. The Balaban J connectivity index is 1.32. The van der Waals surface area contributed by atoms with Crippen molar-refractivity contribution in [2.24, 2.45) is 0 Å². The van der Waals surface area contributed by atoms with Crippen LogP contribution >= 0.6 is 11.3 Å². The average Bonchev–Trinajstić information content (AvgIpc) is 3.07. The van der Waals surface area contributed by atoms with Crippen molar-refractivity contribution in [3.63, 3.8) is 0 Å². The third-order valence-electron chi connectivity index (χ3n) is 3.76. The van der Waals surface area contributed by atoms with Crippen LogP contribution in [-0.2, 0) is 4.79 Å². The fourth-order valence-electron chi connectivity index (χ4n) is 2.55. The minimum atomic E-state index is -0.199. The molecule has 0 radical (unpaired) electrons. The molecule has 1 N–H and O–H groups in total. The number of hydrogen-bond donors (Lipinski definition) is 1. The van der Waals surface area contributed by atoms with Crippen molar-refractivity contribution >= 4 is 33.5 Å². The third-order valence-corrected chi connectivity index (χ3v) is 4.76. The molecule has 1 aliphatic rings. The smallest absolute Gasteiger partial charge is 0.244 e. The number of amides is 1. The maximum Gasteiger partial charge on any atom is 0.244 e. The molecule has 5 nitrogen and oxygen atoms in total. The molecule has 25 heavy (non-hydrogen) atoms. The Bertz CT molecular complexity index is 902. The molecule has 0 saturated carbocycles. The number of carbonyl (C=O) groups is 1. The van der Waals surface area contributed by atoms with Crippen LogP contribution in [0.4, 0.5) is 0 Å². The summed E-state index contributed by atoms with van der Waals surface area (Å²) in [5.41, 5.74) is 0.943. The van der Waals surface area contributed by atoms with Gasteiger partial charge in [0.2, 0.25) is 5.91 Å². The normalized spacial score (nSPS) is 16.2. The molecule has 0 bridgehead atoms. The molecular formula is C19H16N2O3S. The van der Waals surface area contributed by atoms with E-state index in [0.717, 1.165) is 21.0 Å². The number of hydrogen-bond acceptors (Lipinski definition) is 5. The molecule has 1 aromatic heterocycles. The quantitative estimate of drug-likeness (QED) is 0.732. The van der Waals surface area contributed by atoms with Gasteiger partial charge in [-0.2, -0.15) is 0 Å². The van der Waals surface area contributed by atoms with Crippen molar-refractivity contribution in [1.82, 2.24) is 10.3 Å². The van der Waals surface area contributed by atoms with Gasteiger partial charge < -0.3 is 14.8 Å². The van der Waals surface area contributed by atoms with Crippen LogP contribution in [0.3, 0.4) is 0 Å². The molecule has 4 rings (SSSR count). The zero-order valence-corrected chi connectivity index (χ0v) is 14.2. The van der Waals surface area contributed by atoms with Gasteiger partial charge in [0, 0.05) is 6.08 Å². The van der Waals surface area contributed by atoms with Crippen LogP contribution in [-0.4, -0.2) is 30.1 Å². The van der Waals surface area contributed by atoms with E-state index in [1.54, 1.807) is 17.4 Å². The van der Waals surface area contributed by atoms with E-state index in [1.807, 2.05) is 48.5 Å². The molecule has 126 valence electrons. The Morgan fingerprint density at radius 2 is 2.00 bits per heavy atom. The largest absolute Gasteiger partial charge is 0.486 e. The summed E-state index contributed by atoms with van der Waals surface area (Å²) in [5, 5.41) is 3.64. The molecule has 1 aliphatic heterocycles. The van der Waals surface area contributed by atoms with Crippen LogP contribution in [0.2, 0.25) is 0 Å². The molecule has 0 fully saturated rings. The number of para-hydroxylation sites is 3. The topological polar surface area (TPSA) is 60.5 Å². The number of fused-ring (bicyclic) bond motifs is 2. The Labute approximate surface area is 148 Å². The summed E-state index contributed by atoms with van der Waals surface area (Å²) < 4.78 is 12.5. The van der Waals surface area contributed by atoms with Gasteiger partial charge in [-0.1, -0.05) is 24.3 Å². The molecular weight excluding hydrogens is 336 g/mol. The summed E-state index contributed by atoms with van der Waals surface area (Å²) in [6, 6.07) is 15.4. The van der Waals surface area contributed by atoms with E-state index in [-0.39, 0.29) is 12.0 Å². The average molecular weight is 352 g/mol. The fraction of sp³-hybridized carbons (Fsp3) is 0.158. The van der Waals surface area contributed by atoms with Gasteiger partial charge in [-0.25, -0.2) is 4.98 Å². The van der Waals surface area contributed by atoms with Gasteiger partial charge in [0.25, 0.3) is 0 Å². The molecule has 0 aliphatic carbocycles. The van der Waals surface area contributed by atoms with E-state index in [4.69, 9.17) is 9.47 Å². The van der Waals surface area contributed by atoms with Gasteiger partial charge in [0.1, 0.15) is 17.7 Å². The van der Waals surface area contributed by atoms with Crippen LogP contribution in [0.5, 0.6) is 11.5 Å². The highest BCUT2D eigenvalue weighted by molar-refractivity contribution is 7.19. The van der Waals surface area contributed by atoms with Crippen LogP contribution in [0.25, 0.3) is 16.3 Å². The van der Waals surface area contributed by atoms with E-state index >= 15 is 0 Å². The number of thiazole rings is 1. The fourth-order valence-corrected chi connectivity index (χ4v) is 3.42. The number of rotatable bonds is 4. The van der Waals surface area contributed by atoms with E-state index in [9.17, 15) is 4.79 Å². The van der Waals surface area contributed by atoms with Crippen molar-refractivity contribution in [2.75, 3.05) is 13.2 Å². The highest BCUT2D eigenvalue weighted by Crippen LogP contribution is 2.30. The van der Waals surface area contributed by atoms with Gasteiger partial charge in [-0.3, -0.25) is 4.79 Å². The predicted molar refractivity (Wildman–Crippen MR) is 98.0 cm³/mol. The highest BCUT2D eigenvalue weighted by Gasteiger charge is 2.20. The first-order valence-corrected chi connectivity index (χ1v) is 8.79. The molecule has 2 heterocycles. The minimum Gasteiger partial charge on any atom is -0.486 e. The summed E-state index contributed by atoms with van der Waals surface area (Å²) in [5.74, 6) is 1.26. The first-order valence-electron chi connectivity index (χ1n) is 7.98. The Morgan fingerprint density at radius 1 is 1.20 bits per heavy atom. The summed E-state index contributed by atoms with van der Waals surface area (Å²) >= 11 is 1.56. The first kappa shape index (κ1) is 15.7. The molecule has 1 amide bonds. The summed E-state index contributed by atoms with van der Waals surface area (Å²) in [4.78, 5) is 16.5. The molecule has 0 saturated heterocycles. The highest BCUT2D eigenvalue weighted by atomic mass is 32.1. The van der Waals surface area contributed by atoms with E-state index in [1.165, 1.54) is 6.08 Å². The van der Waals surface area contributed by atoms with E-state index in [0.29, 0.717) is 18.9 Å². The number of nitrogens with one attached hydrogen (secondary N) is 1. The van der Waals surface area contributed by atoms with Crippen molar-refractivity contribution in [2.45, 2.75) is 6.10 Å². The van der Waals surface area contributed by atoms with Gasteiger partial charge >= 0.3 is 0 Å². The first-order chi connectivity index (χ1) is 12.3. The number of nitrogens with zero attached hydrogens (tertiary/aromatic N) is 1. The second-order valence-electron chi connectivity index (χ2n) is 5.60. The lowest BCUT2D eigenvalue weighted by atomic mass is 10.2. The predicted octanol–water partition coefficient (Wildman–Crippen LogP) is 3.27. The molecule has 3 aromatic rings. The summed E-state index contributed by atoms with van der Waals surface area (Å²) in [6.07, 6.45) is 3.03. The van der Waals surface area contributed by atoms with E-state index in [2.05, 4.69) is 10.3 Å². The summed E-state index contributed by atoms with van der Waals surface area (Å²) in [6.45, 7) is 0.802. The molecule has 6 heteroatoms. The number of aromatic nitrogens is 1.